The number of amides is 2. The molecule has 0 radical (unpaired) electrons. The smallest absolute Gasteiger partial charge is 0.547 e. The van der Waals surface area contributed by atoms with Crippen LogP contribution in [0.3, 0.4) is 0 Å². The van der Waals surface area contributed by atoms with Gasteiger partial charge in [-0.3, -0.25) is 9.59 Å². The molecule has 2 amide bonds. The summed E-state index contributed by atoms with van der Waals surface area (Å²) in [6.45, 7) is 10.0. The van der Waals surface area contributed by atoms with E-state index in [0.29, 0.717) is 19.4 Å². The van der Waals surface area contributed by atoms with E-state index in [9.17, 15) is 19.5 Å². The van der Waals surface area contributed by atoms with Gasteiger partial charge in [-0.05, 0) is 49.3 Å². The number of carbonyl (C=O) groups is 3. The van der Waals surface area contributed by atoms with Gasteiger partial charge < -0.3 is 35.5 Å². The summed E-state index contributed by atoms with van der Waals surface area (Å²) in [6.07, 6.45) is 3.82. The Morgan fingerprint density at radius 3 is 2.29 bits per heavy atom. The molecular formula is C27H45N2NaO7S. The predicted molar refractivity (Wildman–Crippen MR) is 148 cm³/mol. The number of thioether (sulfide) groups is 1. The molecule has 0 spiro atoms. The second-order valence-electron chi connectivity index (χ2n) is 7.73. The van der Waals surface area contributed by atoms with Gasteiger partial charge in [0.2, 0.25) is 11.8 Å². The van der Waals surface area contributed by atoms with Crippen LogP contribution >= 0.6 is 11.8 Å². The van der Waals surface area contributed by atoms with Crippen molar-refractivity contribution in [2.75, 3.05) is 31.3 Å². The Kier molecular flexibility index (Phi) is 30.9. The molecule has 0 saturated carbocycles. The van der Waals surface area contributed by atoms with Crippen LogP contribution in [-0.4, -0.2) is 77.5 Å². The van der Waals surface area contributed by atoms with Crippen LogP contribution in [0.15, 0.2) is 36.4 Å². The van der Waals surface area contributed by atoms with Gasteiger partial charge in [0, 0.05) is 26.2 Å². The van der Waals surface area contributed by atoms with E-state index < -0.39 is 18.2 Å². The number of aliphatic carboxylic acids is 1. The summed E-state index contributed by atoms with van der Waals surface area (Å²) in [4.78, 5) is 32.2. The van der Waals surface area contributed by atoms with Gasteiger partial charge in [0.15, 0.2) is 0 Å². The second-order valence-corrected chi connectivity index (χ2v) is 9.12. The van der Waals surface area contributed by atoms with Crippen molar-refractivity contribution >= 4 is 35.6 Å². The third-order valence-corrected chi connectivity index (χ3v) is 5.38. The molecule has 1 saturated heterocycles. The Morgan fingerprint density at radius 1 is 1.21 bits per heavy atom. The Balaban J connectivity index is -0.000000488. The fourth-order valence-electron chi connectivity index (χ4n) is 2.69. The SMILES string of the molecule is CC.CC(=O)NC1CCC(C(=O)[O-])OC1.CC(O)CNC(=O)/C=C/c1ccccc1.CCSCCCO.[Na+]. The van der Waals surface area contributed by atoms with Crippen molar-refractivity contribution in [3.8, 4) is 0 Å². The molecule has 4 N–H and O–H groups in total. The Hall–Kier alpha value is -1.40. The zero-order valence-electron chi connectivity index (χ0n) is 23.8. The summed E-state index contributed by atoms with van der Waals surface area (Å²) in [6, 6.07) is 9.51. The number of hydrogen-bond acceptors (Lipinski definition) is 8. The van der Waals surface area contributed by atoms with Crippen molar-refractivity contribution in [3.63, 3.8) is 0 Å². The fourth-order valence-corrected chi connectivity index (χ4v) is 3.31. The van der Waals surface area contributed by atoms with E-state index in [-0.39, 0.29) is 60.6 Å². The van der Waals surface area contributed by atoms with Gasteiger partial charge in [-0.25, -0.2) is 0 Å². The van der Waals surface area contributed by atoms with Crippen LogP contribution in [0.4, 0.5) is 0 Å². The van der Waals surface area contributed by atoms with Crippen molar-refractivity contribution in [2.24, 2.45) is 0 Å². The Morgan fingerprint density at radius 2 is 1.84 bits per heavy atom. The molecule has 0 bridgehead atoms. The number of aliphatic hydroxyl groups is 2. The van der Waals surface area contributed by atoms with E-state index in [1.165, 1.54) is 18.8 Å². The number of hydrogen-bond donors (Lipinski definition) is 4. The minimum Gasteiger partial charge on any atom is -0.547 e. The third-order valence-electron chi connectivity index (χ3n) is 4.40. The number of nitrogens with one attached hydrogen (secondary N) is 2. The maximum absolute atomic E-state index is 11.2. The summed E-state index contributed by atoms with van der Waals surface area (Å²) in [5.41, 5.74) is 0.977. The molecule has 38 heavy (non-hydrogen) atoms. The first kappa shape index (κ1) is 41.1. The van der Waals surface area contributed by atoms with E-state index in [1.807, 2.05) is 55.9 Å². The summed E-state index contributed by atoms with van der Waals surface area (Å²) in [7, 11) is 0. The minimum absolute atomic E-state index is 0. The van der Waals surface area contributed by atoms with Crippen molar-refractivity contribution in [1.29, 1.82) is 0 Å². The zero-order chi connectivity index (χ0) is 28.5. The molecule has 3 unspecified atom stereocenters. The van der Waals surface area contributed by atoms with E-state index in [0.717, 1.165) is 17.7 Å². The maximum atomic E-state index is 11.2. The molecule has 1 heterocycles. The second kappa shape index (κ2) is 28.6. The minimum atomic E-state index is -1.18. The number of benzene rings is 1. The van der Waals surface area contributed by atoms with Gasteiger partial charge in [-0.1, -0.05) is 51.1 Å². The molecule has 212 valence electrons. The topological polar surface area (TPSA) is 148 Å². The van der Waals surface area contributed by atoms with Gasteiger partial charge in [0.1, 0.15) is 0 Å². The standard InChI is InChI=1S/C12H15NO2.C8H13NO4.C5H12OS.C2H6.Na/c1-10(14)9-13-12(15)8-7-11-5-3-2-4-6-11;1-5(10)9-6-2-3-7(8(11)12)13-4-6;1-2-7-5-3-4-6;1-2;/h2-8,10,14H,9H2,1H3,(H,13,15);6-7H,2-4H2,1H3,(H,9,10)(H,11,12);6H,2-5H2,1H3;1-2H3;/q;;;;+1/p-1/b8-7+;;;;. The van der Waals surface area contributed by atoms with E-state index in [4.69, 9.17) is 14.9 Å². The quantitative estimate of drug-likeness (QED) is 0.157. The summed E-state index contributed by atoms with van der Waals surface area (Å²) in [5.74, 6) is 0.772. The molecule has 1 aromatic rings. The van der Waals surface area contributed by atoms with Crippen LogP contribution in [-0.2, 0) is 19.1 Å². The van der Waals surface area contributed by atoms with Gasteiger partial charge in [0.05, 0.1) is 30.8 Å². The number of carbonyl (C=O) groups excluding carboxylic acids is 3. The van der Waals surface area contributed by atoms with Crippen LogP contribution in [0, 0.1) is 0 Å². The monoisotopic (exact) mass is 564 g/mol. The molecule has 11 heteroatoms. The Labute approximate surface area is 254 Å². The average Bonchev–Trinajstić information content (AvgIpc) is 2.89. The molecule has 1 fully saturated rings. The van der Waals surface area contributed by atoms with Gasteiger partial charge in [0.25, 0.3) is 0 Å². The molecule has 1 aliphatic rings. The molecular weight excluding hydrogens is 519 g/mol. The first-order valence-electron chi connectivity index (χ1n) is 12.7. The van der Waals surface area contributed by atoms with Gasteiger partial charge in [-0.2, -0.15) is 11.8 Å². The predicted octanol–water partition coefficient (Wildman–Crippen LogP) is -1.23. The van der Waals surface area contributed by atoms with Crippen LogP contribution in [0.1, 0.15) is 59.4 Å². The zero-order valence-corrected chi connectivity index (χ0v) is 26.6. The maximum Gasteiger partial charge on any atom is 1.00 e. The molecule has 3 atom stereocenters. The molecule has 1 aliphatic heterocycles. The van der Waals surface area contributed by atoms with Crippen molar-refractivity contribution in [3.05, 3.63) is 42.0 Å². The third kappa shape index (κ3) is 26.2. The van der Waals surface area contributed by atoms with E-state index in [2.05, 4.69) is 17.6 Å². The van der Waals surface area contributed by atoms with Crippen LogP contribution in [0.25, 0.3) is 6.08 Å². The first-order valence-corrected chi connectivity index (χ1v) is 13.8. The van der Waals surface area contributed by atoms with Gasteiger partial charge in [-0.15, -0.1) is 0 Å². The molecule has 9 nitrogen and oxygen atoms in total. The largest absolute Gasteiger partial charge is 1.00 e. The fraction of sp³-hybridized carbons (Fsp3) is 0.593. The summed E-state index contributed by atoms with van der Waals surface area (Å²) in [5, 5.41) is 32.8. The first-order chi connectivity index (χ1) is 17.7. The summed E-state index contributed by atoms with van der Waals surface area (Å²) < 4.78 is 4.98. The van der Waals surface area contributed by atoms with Crippen molar-refractivity contribution < 1.29 is 64.0 Å². The van der Waals surface area contributed by atoms with E-state index >= 15 is 0 Å². The number of ether oxygens (including phenoxy) is 1. The number of carboxylic acids is 1. The van der Waals surface area contributed by atoms with E-state index in [1.54, 1.807) is 13.0 Å². The Bertz CT molecular complexity index is 740. The van der Waals surface area contributed by atoms with Crippen molar-refractivity contribution in [2.45, 2.75) is 72.1 Å². The van der Waals surface area contributed by atoms with Crippen LogP contribution in [0.5, 0.6) is 0 Å². The number of aliphatic hydroxyl groups excluding tert-OH is 2. The van der Waals surface area contributed by atoms with Gasteiger partial charge >= 0.3 is 29.6 Å². The van der Waals surface area contributed by atoms with Crippen molar-refractivity contribution in [1.82, 2.24) is 10.6 Å². The number of carboxylic acid groups (broad SMARTS) is 1. The average molecular weight is 565 g/mol. The van der Waals surface area contributed by atoms with Crippen LogP contribution < -0.4 is 45.3 Å². The van der Waals surface area contributed by atoms with Crippen LogP contribution in [0.2, 0.25) is 0 Å². The molecule has 1 aromatic carbocycles. The normalized spacial score (nSPS) is 16.5. The molecule has 2 rings (SSSR count). The molecule has 0 aliphatic carbocycles. The number of rotatable bonds is 10. The molecule has 0 aromatic heterocycles. The summed E-state index contributed by atoms with van der Waals surface area (Å²) >= 11 is 1.87.